The second-order valence-corrected chi connectivity index (χ2v) is 5.79. The van der Waals surface area contributed by atoms with Crippen molar-refractivity contribution >= 4 is 29.1 Å². The molecule has 3 nitrogen and oxygen atoms in total. The van der Waals surface area contributed by atoms with Crippen molar-refractivity contribution in [3.8, 4) is 5.75 Å². The van der Waals surface area contributed by atoms with Crippen LogP contribution in [-0.2, 0) is 11.3 Å². The summed E-state index contributed by atoms with van der Waals surface area (Å²) in [5.74, 6) is 0.412. The van der Waals surface area contributed by atoms with Crippen LogP contribution in [0.15, 0.2) is 42.5 Å². The number of carbonyl (C=O) groups is 1. The Morgan fingerprint density at radius 3 is 2.59 bits per heavy atom. The van der Waals surface area contributed by atoms with Crippen LogP contribution in [-0.4, -0.2) is 12.0 Å². The molecule has 0 radical (unpaired) electrons. The predicted molar refractivity (Wildman–Crippen MR) is 89.6 cm³/mol. The standard InChI is InChI=1S/C17H17Cl2NO2/c1-11-9-14(7-8-15(11)18)22-12(2)17(21)20-10-13-5-3-4-6-16(13)19/h3-9,12H,10H2,1-2H3,(H,20,21)/t12-/m0/s1. The number of carbonyl (C=O) groups excluding carboxylic acids is 1. The summed E-state index contributed by atoms with van der Waals surface area (Å²) in [4.78, 5) is 12.1. The fourth-order valence-corrected chi connectivity index (χ4v) is 2.24. The molecule has 0 aliphatic heterocycles. The number of rotatable bonds is 5. The molecule has 116 valence electrons. The Morgan fingerprint density at radius 1 is 1.18 bits per heavy atom. The van der Waals surface area contributed by atoms with Crippen LogP contribution < -0.4 is 10.1 Å². The first-order valence-corrected chi connectivity index (χ1v) is 7.67. The molecule has 2 rings (SSSR count). The zero-order chi connectivity index (χ0) is 16.1. The van der Waals surface area contributed by atoms with Crippen molar-refractivity contribution < 1.29 is 9.53 Å². The number of amides is 1. The van der Waals surface area contributed by atoms with Gasteiger partial charge in [-0.25, -0.2) is 0 Å². The number of nitrogens with one attached hydrogen (secondary N) is 1. The maximum absolute atomic E-state index is 12.1. The van der Waals surface area contributed by atoms with Crippen LogP contribution in [0.25, 0.3) is 0 Å². The summed E-state index contributed by atoms with van der Waals surface area (Å²) < 4.78 is 5.63. The van der Waals surface area contributed by atoms with Gasteiger partial charge in [-0.2, -0.15) is 0 Å². The van der Waals surface area contributed by atoms with Crippen molar-refractivity contribution in [1.82, 2.24) is 5.32 Å². The van der Waals surface area contributed by atoms with Gasteiger partial charge in [0, 0.05) is 16.6 Å². The summed E-state index contributed by atoms with van der Waals surface area (Å²) in [6.07, 6.45) is -0.608. The molecule has 0 unspecified atom stereocenters. The van der Waals surface area contributed by atoms with Crippen LogP contribution in [0, 0.1) is 6.92 Å². The summed E-state index contributed by atoms with van der Waals surface area (Å²) >= 11 is 12.0. The summed E-state index contributed by atoms with van der Waals surface area (Å²) in [5, 5.41) is 4.11. The molecule has 0 aliphatic carbocycles. The monoisotopic (exact) mass is 337 g/mol. The largest absolute Gasteiger partial charge is 0.481 e. The summed E-state index contributed by atoms with van der Waals surface area (Å²) in [7, 11) is 0. The highest BCUT2D eigenvalue weighted by Crippen LogP contribution is 2.22. The van der Waals surface area contributed by atoms with Gasteiger partial charge in [-0.1, -0.05) is 41.4 Å². The first-order valence-electron chi connectivity index (χ1n) is 6.91. The van der Waals surface area contributed by atoms with Crippen LogP contribution in [0.5, 0.6) is 5.75 Å². The molecule has 1 amide bonds. The third-order valence-corrected chi connectivity index (χ3v) is 4.02. The number of hydrogen-bond acceptors (Lipinski definition) is 2. The van der Waals surface area contributed by atoms with Gasteiger partial charge in [0.2, 0.25) is 0 Å². The van der Waals surface area contributed by atoms with Gasteiger partial charge in [-0.05, 0) is 49.2 Å². The third kappa shape index (κ3) is 4.39. The van der Waals surface area contributed by atoms with Crippen molar-refractivity contribution in [3.05, 3.63) is 63.6 Å². The van der Waals surface area contributed by atoms with Gasteiger partial charge < -0.3 is 10.1 Å². The Morgan fingerprint density at radius 2 is 1.91 bits per heavy atom. The molecule has 1 N–H and O–H groups in total. The molecule has 0 bridgehead atoms. The lowest BCUT2D eigenvalue weighted by atomic mass is 10.2. The number of benzene rings is 2. The molecule has 5 heteroatoms. The first kappa shape index (κ1) is 16.7. The Bertz CT molecular complexity index is 673. The zero-order valence-corrected chi connectivity index (χ0v) is 13.9. The zero-order valence-electron chi connectivity index (χ0n) is 12.4. The van der Waals surface area contributed by atoms with E-state index in [1.54, 1.807) is 31.2 Å². The minimum Gasteiger partial charge on any atom is -0.481 e. The van der Waals surface area contributed by atoms with Crippen molar-refractivity contribution in [1.29, 1.82) is 0 Å². The fraction of sp³-hybridized carbons (Fsp3) is 0.235. The molecule has 22 heavy (non-hydrogen) atoms. The van der Waals surface area contributed by atoms with Crippen LogP contribution >= 0.6 is 23.2 Å². The van der Waals surface area contributed by atoms with Gasteiger partial charge in [-0.15, -0.1) is 0 Å². The molecular formula is C17H17Cl2NO2. The maximum Gasteiger partial charge on any atom is 0.261 e. The predicted octanol–water partition coefficient (Wildman–Crippen LogP) is 4.39. The van der Waals surface area contributed by atoms with Gasteiger partial charge in [0.05, 0.1) is 0 Å². The minimum absolute atomic E-state index is 0.201. The second kappa shape index (κ2) is 7.52. The average molecular weight is 338 g/mol. The van der Waals surface area contributed by atoms with E-state index in [4.69, 9.17) is 27.9 Å². The van der Waals surface area contributed by atoms with E-state index in [1.807, 2.05) is 25.1 Å². The summed E-state index contributed by atoms with van der Waals surface area (Å²) in [5.41, 5.74) is 1.77. The van der Waals surface area contributed by atoms with E-state index in [-0.39, 0.29) is 5.91 Å². The highest BCUT2D eigenvalue weighted by Gasteiger charge is 2.15. The molecule has 0 saturated heterocycles. The van der Waals surface area contributed by atoms with Gasteiger partial charge in [0.15, 0.2) is 6.10 Å². The number of ether oxygens (including phenoxy) is 1. The van der Waals surface area contributed by atoms with Gasteiger partial charge in [0.1, 0.15) is 5.75 Å². The first-order chi connectivity index (χ1) is 10.5. The molecule has 0 fully saturated rings. The highest BCUT2D eigenvalue weighted by molar-refractivity contribution is 6.31. The van der Waals surface area contributed by atoms with E-state index in [0.717, 1.165) is 11.1 Å². The quantitative estimate of drug-likeness (QED) is 0.878. The molecule has 0 aromatic heterocycles. The Balaban J connectivity index is 1.92. The highest BCUT2D eigenvalue weighted by atomic mass is 35.5. The normalized spacial score (nSPS) is 11.8. The second-order valence-electron chi connectivity index (χ2n) is 4.98. The van der Waals surface area contributed by atoms with Crippen LogP contribution in [0.4, 0.5) is 0 Å². The molecule has 0 spiro atoms. The molecule has 1 atom stereocenters. The van der Waals surface area contributed by atoms with Gasteiger partial charge in [0.25, 0.3) is 5.91 Å². The third-order valence-electron chi connectivity index (χ3n) is 3.22. The van der Waals surface area contributed by atoms with Crippen molar-refractivity contribution in [3.63, 3.8) is 0 Å². The SMILES string of the molecule is Cc1cc(O[C@@H](C)C(=O)NCc2ccccc2Cl)ccc1Cl. The average Bonchev–Trinajstić information content (AvgIpc) is 2.50. The molecule has 2 aromatic carbocycles. The Labute approximate surface area is 140 Å². The van der Waals surface area contributed by atoms with E-state index in [2.05, 4.69) is 5.32 Å². The number of halogens is 2. The van der Waals surface area contributed by atoms with Crippen molar-refractivity contribution in [2.24, 2.45) is 0 Å². The van der Waals surface area contributed by atoms with Crippen LogP contribution in [0.1, 0.15) is 18.1 Å². The molecule has 0 heterocycles. The fourth-order valence-electron chi connectivity index (χ4n) is 1.92. The molecule has 0 saturated carbocycles. The topological polar surface area (TPSA) is 38.3 Å². The van der Waals surface area contributed by atoms with E-state index < -0.39 is 6.10 Å². The number of hydrogen-bond donors (Lipinski definition) is 1. The molecule has 0 aliphatic rings. The summed E-state index contributed by atoms with van der Waals surface area (Å²) in [6, 6.07) is 12.7. The van der Waals surface area contributed by atoms with E-state index in [9.17, 15) is 4.79 Å². The van der Waals surface area contributed by atoms with E-state index in [0.29, 0.717) is 22.3 Å². The van der Waals surface area contributed by atoms with Crippen molar-refractivity contribution in [2.45, 2.75) is 26.5 Å². The van der Waals surface area contributed by atoms with E-state index in [1.165, 1.54) is 0 Å². The van der Waals surface area contributed by atoms with Crippen LogP contribution in [0.2, 0.25) is 10.0 Å². The van der Waals surface area contributed by atoms with Crippen LogP contribution in [0.3, 0.4) is 0 Å². The Kier molecular flexibility index (Phi) is 5.69. The molecule has 2 aromatic rings. The maximum atomic E-state index is 12.1. The Hall–Kier alpha value is -1.71. The van der Waals surface area contributed by atoms with Gasteiger partial charge >= 0.3 is 0 Å². The molecular weight excluding hydrogens is 321 g/mol. The lowest BCUT2D eigenvalue weighted by Crippen LogP contribution is -2.35. The van der Waals surface area contributed by atoms with E-state index >= 15 is 0 Å². The summed E-state index contributed by atoms with van der Waals surface area (Å²) in [6.45, 7) is 3.95. The minimum atomic E-state index is -0.608. The van der Waals surface area contributed by atoms with Crippen molar-refractivity contribution in [2.75, 3.05) is 0 Å². The number of aryl methyl sites for hydroxylation is 1. The lowest BCUT2D eigenvalue weighted by molar-refractivity contribution is -0.127. The lowest BCUT2D eigenvalue weighted by Gasteiger charge is -2.15. The van der Waals surface area contributed by atoms with Gasteiger partial charge in [-0.3, -0.25) is 4.79 Å². The smallest absolute Gasteiger partial charge is 0.261 e.